The van der Waals surface area contributed by atoms with E-state index >= 15 is 0 Å². The first-order valence-corrected chi connectivity index (χ1v) is 9.11. The number of H-pyrrole nitrogens is 2. The Labute approximate surface area is 170 Å². The number of ether oxygens (including phenoxy) is 1. The number of hydrogen-bond donors (Lipinski definition) is 3. The second-order valence-corrected chi connectivity index (χ2v) is 6.61. The third kappa shape index (κ3) is 4.13. The number of carboxylic acids is 1. The normalized spacial score (nSPS) is 10.5. The van der Waals surface area contributed by atoms with Crippen LogP contribution in [0.3, 0.4) is 0 Å². The molecule has 0 saturated heterocycles. The lowest BCUT2D eigenvalue weighted by atomic mass is 10.2. The highest BCUT2D eigenvalue weighted by Crippen LogP contribution is 2.24. The van der Waals surface area contributed by atoms with Gasteiger partial charge in [-0.15, -0.1) is 0 Å². The predicted molar refractivity (Wildman–Crippen MR) is 110 cm³/mol. The van der Waals surface area contributed by atoms with Gasteiger partial charge in [-0.25, -0.2) is 9.59 Å². The van der Waals surface area contributed by atoms with Gasteiger partial charge in [0.2, 0.25) is 0 Å². The zero-order valence-corrected chi connectivity index (χ0v) is 16.3. The van der Waals surface area contributed by atoms with E-state index in [0.29, 0.717) is 27.9 Å². The molecule has 0 aliphatic carbocycles. The summed E-state index contributed by atoms with van der Waals surface area (Å²) in [7, 11) is 0. The van der Waals surface area contributed by atoms with Crippen molar-refractivity contribution in [1.82, 2.24) is 9.97 Å². The van der Waals surface area contributed by atoms with Crippen molar-refractivity contribution in [3.63, 3.8) is 0 Å². The van der Waals surface area contributed by atoms with Crippen molar-refractivity contribution >= 4 is 56.9 Å². The zero-order valence-electron chi connectivity index (χ0n) is 14.8. The highest BCUT2D eigenvalue weighted by atomic mass is 35.5. The first-order valence-electron chi connectivity index (χ1n) is 8.35. The number of nitrogens with one attached hydrogen (secondary N) is 2. The monoisotopic (exact) mass is 418 g/mol. The maximum absolute atomic E-state index is 11.4. The Morgan fingerprint density at radius 2 is 1.43 bits per heavy atom. The highest BCUT2D eigenvalue weighted by Gasteiger charge is 2.11. The highest BCUT2D eigenvalue weighted by molar-refractivity contribution is 6.35. The van der Waals surface area contributed by atoms with Crippen LogP contribution in [0.5, 0.6) is 0 Å². The van der Waals surface area contributed by atoms with Gasteiger partial charge in [-0.05, 0) is 31.2 Å². The van der Waals surface area contributed by atoms with Gasteiger partial charge in [-0.2, -0.15) is 0 Å². The summed E-state index contributed by atoms with van der Waals surface area (Å²) >= 11 is 11.8. The lowest BCUT2D eigenvalue weighted by Crippen LogP contribution is -2.04. The second kappa shape index (κ2) is 8.37. The van der Waals surface area contributed by atoms with Crippen molar-refractivity contribution in [1.29, 1.82) is 0 Å². The summed E-state index contributed by atoms with van der Waals surface area (Å²) in [6.45, 7) is 2.13. The first kappa shape index (κ1) is 19.8. The summed E-state index contributed by atoms with van der Waals surface area (Å²) < 4.78 is 4.88. The maximum atomic E-state index is 11.4. The Kier molecular flexibility index (Phi) is 5.92. The van der Waals surface area contributed by atoms with Crippen LogP contribution in [0.15, 0.2) is 48.5 Å². The smallest absolute Gasteiger partial charge is 0.354 e. The van der Waals surface area contributed by atoms with Gasteiger partial charge in [-0.3, -0.25) is 0 Å². The predicted octanol–water partition coefficient (Wildman–Crippen LogP) is 5.52. The van der Waals surface area contributed by atoms with Crippen LogP contribution < -0.4 is 0 Å². The molecule has 2 aromatic heterocycles. The number of rotatable bonds is 3. The summed E-state index contributed by atoms with van der Waals surface area (Å²) in [5, 5.41) is 11.6. The number of carbonyl (C=O) groups is 2. The molecule has 0 radical (unpaired) electrons. The Morgan fingerprint density at radius 3 is 1.89 bits per heavy atom. The van der Waals surface area contributed by atoms with Crippen LogP contribution in [0.1, 0.15) is 27.9 Å². The first-order chi connectivity index (χ1) is 13.4. The standard InChI is InChI=1S/C11H10ClNO2.C9H6ClNO2/c1-2-15-11(14)9-6-7-4-3-5-8(12)10(7)13-9;10-6-3-1-2-5-4-7(9(12)13)11-8(5)6/h3-6,13H,2H2,1H3;1-4,11H,(H,12,13). The van der Waals surface area contributed by atoms with Crippen molar-refractivity contribution in [3.05, 3.63) is 70.0 Å². The summed E-state index contributed by atoms with van der Waals surface area (Å²) in [5.74, 6) is -1.34. The maximum Gasteiger partial charge on any atom is 0.354 e. The summed E-state index contributed by atoms with van der Waals surface area (Å²) in [6.07, 6.45) is 0. The van der Waals surface area contributed by atoms with Crippen molar-refractivity contribution in [2.24, 2.45) is 0 Å². The third-order valence-electron chi connectivity index (χ3n) is 3.94. The zero-order chi connectivity index (χ0) is 20.3. The van der Waals surface area contributed by atoms with Crippen molar-refractivity contribution in [2.45, 2.75) is 6.92 Å². The quantitative estimate of drug-likeness (QED) is 0.381. The average Bonchev–Trinajstić information content (AvgIpc) is 3.28. The molecule has 0 aliphatic heterocycles. The van der Waals surface area contributed by atoms with E-state index < -0.39 is 5.97 Å². The van der Waals surface area contributed by atoms with Gasteiger partial charge in [0.25, 0.3) is 0 Å². The molecule has 0 spiro atoms. The molecule has 28 heavy (non-hydrogen) atoms. The van der Waals surface area contributed by atoms with Gasteiger partial charge in [0.05, 0.1) is 27.7 Å². The molecule has 0 unspecified atom stereocenters. The lowest BCUT2D eigenvalue weighted by molar-refractivity contribution is 0.0520. The molecule has 0 atom stereocenters. The molecular weight excluding hydrogens is 403 g/mol. The number of benzene rings is 2. The van der Waals surface area contributed by atoms with Gasteiger partial charge < -0.3 is 19.8 Å². The minimum absolute atomic E-state index is 0.156. The van der Waals surface area contributed by atoms with E-state index in [9.17, 15) is 9.59 Å². The molecule has 4 aromatic rings. The number of esters is 1. The number of fused-ring (bicyclic) bond motifs is 2. The Morgan fingerprint density at radius 1 is 0.929 bits per heavy atom. The summed E-state index contributed by atoms with van der Waals surface area (Å²) in [5.41, 5.74) is 2.02. The Balaban J connectivity index is 0.000000162. The molecule has 2 aromatic carbocycles. The molecule has 0 aliphatic rings. The van der Waals surface area contributed by atoms with E-state index in [1.165, 1.54) is 0 Å². The Bertz CT molecular complexity index is 1160. The van der Waals surface area contributed by atoms with Crippen LogP contribution >= 0.6 is 23.2 Å². The van der Waals surface area contributed by atoms with Crippen LogP contribution in [0, 0.1) is 0 Å². The summed E-state index contributed by atoms with van der Waals surface area (Å²) in [4.78, 5) is 27.7. The number of aromatic amines is 2. The van der Waals surface area contributed by atoms with E-state index in [1.807, 2.05) is 18.2 Å². The number of carbonyl (C=O) groups excluding carboxylic acids is 1. The fourth-order valence-electron chi connectivity index (χ4n) is 2.67. The molecule has 3 N–H and O–H groups in total. The minimum Gasteiger partial charge on any atom is -0.477 e. The SMILES string of the molecule is CCOC(=O)c1cc2cccc(Cl)c2[nH]1.O=C(O)c1cc2cccc(Cl)c2[nH]1. The Hall–Kier alpha value is -2.96. The summed E-state index contributed by atoms with van der Waals surface area (Å²) in [6, 6.07) is 14.1. The van der Waals surface area contributed by atoms with Crippen molar-refractivity contribution < 1.29 is 19.4 Å². The number of carboxylic acid groups (broad SMARTS) is 1. The van der Waals surface area contributed by atoms with Crippen LogP contribution in [-0.4, -0.2) is 33.6 Å². The molecule has 2 heterocycles. The van der Waals surface area contributed by atoms with Crippen LogP contribution in [-0.2, 0) is 4.74 Å². The fourth-order valence-corrected chi connectivity index (χ4v) is 3.13. The van der Waals surface area contributed by atoms with Crippen LogP contribution in [0.4, 0.5) is 0 Å². The number of aromatic carboxylic acids is 1. The van der Waals surface area contributed by atoms with E-state index in [-0.39, 0.29) is 11.7 Å². The van der Waals surface area contributed by atoms with Gasteiger partial charge in [0.1, 0.15) is 11.4 Å². The van der Waals surface area contributed by atoms with E-state index in [2.05, 4.69) is 9.97 Å². The van der Waals surface area contributed by atoms with Crippen LogP contribution in [0.25, 0.3) is 21.8 Å². The molecule has 0 bridgehead atoms. The van der Waals surface area contributed by atoms with E-state index in [4.69, 9.17) is 33.0 Å². The van der Waals surface area contributed by atoms with Gasteiger partial charge in [0, 0.05) is 10.8 Å². The van der Waals surface area contributed by atoms with Gasteiger partial charge in [-0.1, -0.05) is 47.5 Å². The molecule has 0 amide bonds. The lowest BCUT2D eigenvalue weighted by Gasteiger charge is -1.97. The van der Waals surface area contributed by atoms with E-state index in [0.717, 1.165) is 16.3 Å². The minimum atomic E-state index is -0.979. The molecular formula is C20H16Cl2N2O4. The van der Waals surface area contributed by atoms with Crippen LogP contribution in [0.2, 0.25) is 10.0 Å². The topological polar surface area (TPSA) is 95.2 Å². The molecule has 8 heteroatoms. The molecule has 144 valence electrons. The number of aromatic nitrogens is 2. The molecule has 0 saturated carbocycles. The van der Waals surface area contributed by atoms with Gasteiger partial charge in [0.15, 0.2) is 0 Å². The molecule has 0 fully saturated rings. The van der Waals surface area contributed by atoms with Crippen molar-refractivity contribution in [2.75, 3.05) is 6.61 Å². The second-order valence-electron chi connectivity index (χ2n) is 5.80. The number of para-hydroxylation sites is 2. The van der Waals surface area contributed by atoms with E-state index in [1.54, 1.807) is 37.3 Å². The van der Waals surface area contributed by atoms with Gasteiger partial charge >= 0.3 is 11.9 Å². The third-order valence-corrected chi connectivity index (χ3v) is 4.57. The van der Waals surface area contributed by atoms with Crippen molar-refractivity contribution in [3.8, 4) is 0 Å². The number of hydrogen-bond acceptors (Lipinski definition) is 3. The largest absolute Gasteiger partial charge is 0.477 e. The fraction of sp³-hybridized carbons (Fsp3) is 0.100. The number of halogens is 2. The molecule has 4 rings (SSSR count). The average molecular weight is 419 g/mol. The molecule has 6 nitrogen and oxygen atoms in total.